The van der Waals surface area contributed by atoms with Crippen LogP contribution < -0.4 is 5.32 Å². The van der Waals surface area contributed by atoms with Crippen LogP contribution in [-0.4, -0.2) is 35.5 Å². The number of fused-ring (bicyclic) bond motifs is 1. The van der Waals surface area contributed by atoms with Crippen molar-refractivity contribution in [2.45, 2.75) is 13.0 Å². The number of hydrogen-bond acceptors (Lipinski definition) is 5. The molecule has 0 atom stereocenters. The van der Waals surface area contributed by atoms with Crippen molar-refractivity contribution in [2.75, 3.05) is 19.0 Å². The fraction of sp³-hybridized carbons (Fsp3) is 0.267. The summed E-state index contributed by atoms with van der Waals surface area (Å²) in [6.45, 7) is 1.08. The van der Waals surface area contributed by atoms with E-state index < -0.39 is 6.09 Å². The average Bonchev–Trinajstić information content (AvgIpc) is 2.96. The third kappa shape index (κ3) is 3.46. The number of ether oxygens (including phenoxy) is 1. The van der Waals surface area contributed by atoms with E-state index in [0.717, 1.165) is 10.6 Å². The molecule has 120 valence electrons. The van der Waals surface area contributed by atoms with Crippen molar-refractivity contribution in [1.82, 2.24) is 9.88 Å². The predicted octanol–water partition coefficient (Wildman–Crippen LogP) is 3.17. The molecule has 1 aromatic heterocycles. The molecule has 6 nitrogen and oxygen atoms in total. The van der Waals surface area contributed by atoms with Gasteiger partial charge in [-0.05, 0) is 24.3 Å². The van der Waals surface area contributed by atoms with Gasteiger partial charge in [0.2, 0.25) is 0 Å². The van der Waals surface area contributed by atoms with Gasteiger partial charge in [-0.1, -0.05) is 22.9 Å². The molecule has 0 saturated carbocycles. The predicted molar refractivity (Wildman–Crippen MR) is 88.0 cm³/mol. The third-order valence-corrected chi connectivity index (χ3v) is 4.75. The SMILES string of the molecule is COC(=O)Nc1nc2c(s1)CN(C(=O)c1ccc(Cl)cc1)CC2. The summed E-state index contributed by atoms with van der Waals surface area (Å²) in [7, 11) is 1.30. The summed E-state index contributed by atoms with van der Waals surface area (Å²) in [5.74, 6) is -0.0387. The number of amides is 2. The number of carbonyl (C=O) groups is 2. The lowest BCUT2D eigenvalue weighted by atomic mass is 10.1. The fourth-order valence-electron chi connectivity index (χ4n) is 2.34. The number of hydrogen-bond donors (Lipinski definition) is 1. The minimum atomic E-state index is -0.551. The first-order valence-corrected chi connectivity index (χ1v) is 8.14. The van der Waals surface area contributed by atoms with Gasteiger partial charge in [-0.3, -0.25) is 10.1 Å². The van der Waals surface area contributed by atoms with Crippen molar-refractivity contribution in [2.24, 2.45) is 0 Å². The fourth-order valence-corrected chi connectivity index (χ4v) is 3.47. The third-order valence-electron chi connectivity index (χ3n) is 3.50. The zero-order chi connectivity index (χ0) is 16.4. The van der Waals surface area contributed by atoms with Gasteiger partial charge in [0.05, 0.1) is 19.3 Å². The quantitative estimate of drug-likeness (QED) is 0.902. The lowest BCUT2D eigenvalue weighted by Crippen LogP contribution is -2.35. The van der Waals surface area contributed by atoms with E-state index in [2.05, 4.69) is 15.0 Å². The Morgan fingerprint density at radius 2 is 2.09 bits per heavy atom. The van der Waals surface area contributed by atoms with Gasteiger partial charge in [0, 0.05) is 28.4 Å². The van der Waals surface area contributed by atoms with Crippen LogP contribution in [0.1, 0.15) is 20.9 Å². The van der Waals surface area contributed by atoms with Crippen molar-refractivity contribution < 1.29 is 14.3 Å². The van der Waals surface area contributed by atoms with Crippen molar-refractivity contribution in [3.05, 3.63) is 45.4 Å². The largest absolute Gasteiger partial charge is 0.453 e. The Morgan fingerprint density at radius 1 is 1.35 bits per heavy atom. The van der Waals surface area contributed by atoms with Gasteiger partial charge in [0.15, 0.2) is 5.13 Å². The van der Waals surface area contributed by atoms with Crippen LogP contribution in [-0.2, 0) is 17.7 Å². The Morgan fingerprint density at radius 3 is 2.78 bits per heavy atom. The highest BCUT2D eigenvalue weighted by Gasteiger charge is 2.25. The second-order valence-electron chi connectivity index (χ2n) is 4.99. The number of benzene rings is 1. The standard InChI is InChI=1S/C15H14ClN3O3S/c1-22-15(21)18-14-17-11-6-7-19(8-12(11)23-14)13(20)9-2-4-10(16)5-3-9/h2-5H,6-8H2,1H3,(H,17,18,21). The van der Waals surface area contributed by atoms with Crippen LogP contribution in [0.4, 0.5) is 9.93 Å². The number of nitrogens with one attached hydrogen (secondary N) is 1. The maximum atomic E-state index is 12.5. The minimum Gasteiger partial charge on any atom is -0.453 e. The summed E-state index contributed by atoms with van der Waals surface area (Å²) in [5, 5.41) is 3.65. The van der Waals surface area contributed by atoms with E-state index in [9.17, 15) is 9.59 Å². The second-order valence-corrected chi connectivity index (χ2v) is 6.51. The number of thiazole rings is 1. The molecule has 0 spiro atoms. The second kappa shape index (κ2) is 6.55. The summed E-state index contributed by atoms with van der Waals surface area (Å²) in [6.07, 6.45) is 0.110. The summed E-state index contributed by atoms with van der Waals surface area (Å²) >= 11 is 7.21. The highest BCUT2D eigenvalue weighted by molar-refractivity contribution is 7.15. The van der Waals surface area contributed by atoms with Gasteiger partial charge in [0.1, 0.15) is 0 Å². The van der Waals surface area contributed by atoms with Crippen LogP contribution in [0.3, 0.4) is 0 Å². The van der Waals surface area contributed by atoms with E-state index in [1.807, 2.05) is 0 Å². The average molecular weight is 352 g/mol. The van der Waals surface area contributed by atoms with Gasteiger partial charge < -0.3 is 9.64 Å². The van der Waals surface area contributed by atoms with E-state index in [0.29, 0.717) is 35.2 Å². The molecule has 2 heterocycles. The van der Waals surface area contributed by atoms with Crippen molar-refractivity contribution in [1.29, 1.82) is 0 Å². The maximum Gasteiger partial charge on any atom is 0.413 e. The van der Waals surface area contributed by atoms with Gasteiger partial charge >= 0.3 is 6.09 Å². The molecule has 1 aliphatic heterocycles. The Hall–Kier alpha value is -2.12. The first kappa shape index (κ1) is 15.8. The van der Waals surface area contributed by atoms with Gasteiger partial charge in [-0.2, -0.15) is 0 Å². The number of anilines is 1. The van der Waals surface area contributed by atoms with E-state index in [1.165, 1.54) is 18.4 Å². The molecule has 2 amide bonds. The number of nitrogens with zero attached hydrogens (tertiary/aromatic N) is 2. The molecule has 0 radical (unpaired) electrons. The molecule has 23 heavy (non-hydrogen) atoms. The lowest BCUT2D eigenvalue weighted by Gasteiger charge is -2.26. The Bertz CT molecular complexity index is 745. The molecule has 0 unspecified atom stereocenters. The number of carbonyl (C=O) groups excluding carboxylic acids is 2. The Labute approximate surface area is 142 Å². The van der Waals surface area contributed by atoms with Crippen LogP contribution in [0.5, 0.6) is 0 Å². The van der Waals surface area contributed by atoms with Crippen LogP contribution in [0, 0.1) is 0 Å². The molecule has 0 aliphatic carbocycles. The van der Waals surface area contributed by atoms with Crippen molar-refractivity contribution in [3.8, 4) is 0 Å². The van der Waals surface area contributed by atoms with Crippen LogP contribution in [0.2, 0.25) is 5.02 Å². The molecule has 0 fully saturated rings. The molecule has 0 saturated heterocycles. The minimum absolute atomic E-state index is 0.0387. The summed E-state index contributed by atoms with van der Waals surface area (Å²) < 4.78 is 4.55. The molecule has 0 bridgehead atoms. The normalized spacial score (nSPS) is 13.4. The topological polar surface area (TPSA) is 71.5 Å². The zero-order valence-electron chi connectivity index (χ0n) is 12.3. The first-order chi connectivity index (χ1) is 11.1. The van der Waals surface area contributed by atoms with Crippen molar-refractivity contribution in [3.63, 3.8) is 0 Å². The lowest BCUT2D eigenvalue weighted by molar-refractivity contribution is 0.0736. The Kier molecular flexibility index (Phi) is 4.49. The molecule has 1 aliphatic rings. The van der Waals surface area contributed by atoms with E-state index >= 15 is 0 Å². The molecule has 1 aromatic carbocycles. The van der Waals surface area contributed by atoms with Gasteiger partial charge in [0.25, 0.3) is 5.91 Å². The number of rotatable bonds is 2. The summed E-state index contributed by atoms with van der Waals surface area (Å²) in [5.41, 5.74) is 1.52. The van der Waals surface area contributed by atoms with Gasteiger partial charge in [-0.15, -0.1) is 0 Å². The zero-order valence-corrected chi connectivity index (χ0v) is 13.9. The highest BCUT2D eigenvalue weighted by atomic mass is 35.5. The van der Waals surface area contributed by atoms with Crippen LogP contribution in [0.25, 0.3) is 0 Å². The monoisotopic (exact) mass is 351 g/mol. The maximum absolute atomic E-state index is 12.5. The van der Waals surface area contributed by atoms with Crippen molar-refractivity contribution >= 4 is 40.1 Å². The molecule has 1 N–H and O–H groups in total. The summed E-state index contributed by atoms with van der Waals surface area (Å²) in [4.78, 5) is 30.9. The molecule has 8 heteroatoms. The van der Waals surface area contributed by atoms with Crippen LogP contribution in [0.15, 0.2) is 24.3 Å². The molecular weight excluding hydrogens is 338 g/mol. The molecular formula is C15H14ClN3O3S. The number of aromatic nitrogens is 1. The van der Waals surface area contributed by atoms with E-state index in [4.69, 9.17) is 11.6 Å². The smallest absolute Gasteiger partial charge is 0.413 e. The first-order valence-electron chi connectivity index (χ1n) is 6.95. The van der Waals surface area contributed by atoms with E-state index in [1.54, 1.807) is 29.2 Å². The number of methoxy groups -OCH3 is 1. The number of halogens is 1. The highest BCUT2D eigenvalue weighted by Crippen LogP contribution is 2.29. The molecule has 3 rings (SSSR count). The van der Waals surface area contributed by atoms with Gasteiger partial charge in [-0.25, -0.2) is 9.78 Å². The molecule has 2 aromatic rings. The summed E-state index contributed by atoms with van der Waals surface area (Å²) in [6, 6.07) is 6.85. The van der Waals surface area contributed by atoms with Crippen LogP contribution >= 0.6 is 22.9 Å². The van der Waals surface area contributed by atoms with E-state index in [-0.39, 0.29) is 5.91 Å². The Balaban J connectivity index is 1.73.